The lowest BCUT2D eigenvalue weighted by molar-refractivity contribution is 0.0934. The number of nitrogens with zero attached hydrogens (tertiary/aromatic N) is 3. The molecule has 0 saturated carbocycles. The zero-order chi connectivity index (χ0) is 32.2. The zero-order valence-corrected chi connectivity index (χ0v) is 26.2. The fraction of sp³-hybridized carbons (Fsp3) is 0.184. The number of nitrogens with one attached hydrogen (secondary N) is 3. The van der Waals surface area contributed by atoms with E-state index in [0.29, 0.717) is 37.3 Å². The minimum Gasteiger partial charge on any atom is -0.497 e. The second-order valence-electron chi connectivity index (χ2n) is 11.8. The summed E-state index contributed by atoms with van der Waals surface area (Å²) in [7, 11) is 1.66. The Labute approximate surface area is 272 Å². The van der Waals surface area contributed by atoms with Gasteiger partial charge in [0.15, 0.2) is 5.82 Å². The third-order valence-corrected chi connectivity index (χ3v) is 8.79. The van der Waals surface area contributed by atoms with Gasteiger partial charge in [-0.3, -0.25) is 4.79 Å². The van der Waals surface area contributed by atoms with Crippen molar-refractivity contribution in [1.29, 1.82) is 0 Å². The van der Waals surface area contributed by atoms with Crippen molar-refractivity contribution in [2.24, 2.45) is 5.73 Å². The van der Waals surface area contributed by atoms with Gasteiger partial charge in [-0.2, -0.15) is 0 Å². The quantitative estimate of drug-likeness (QED) is 0.128. The van der Waals surface area contributed by atoms with Gasteiger partial charge in [-0.05, 0) is 65.1 Å². The number of aromatic nitrogens is 5. The number of aromatic amines is 2. The summed E-state index contributed by atoms with van der Waals surface area (Å²) in [4.78, 5) is 20.6. The van der Waals surface area contributed by atoms with Crippen molar-refractivity contribution in [3.63, 3.8) is 0 Å². The maximum atomic E-state index is 13.8. The van der Waals surface area contributed by atoms with Crippen molar-refractivity contribution in [3.05, 3.63) is 149 Å². The van der Waals surface area contributed by atoms with Crippen molar-refractivity contribution in [2.75, 3.05) is 7.11 Å². The van der Waals surface area contributed by atoms with Gasteiger partial charge in [0.05, 0.1) is 19.7 Å². The fourth-order valence-electron chi connectivity index (χ4n) is 6.27. The molecule has 3 heterocycles. The summed E-state index contributed by atoms with van der Waals surface area (Å²) in [5, 5.41) is 15.2. The molecular formula is C38H37N7O2. The van der Waals surface area contributed by atoms with E-state index >= 15 is 0 Å². The highest BCUT2D eigenvalue weighted by atomic mass is 16.5. The van der Waals surface area contributed by atoms with Crippen LogP contribution in [0.1, 0.15) is 50.3 Å². The molecule has 0 radical (unpaired) electrons. The summed E-state index contributed by atoms with van der Waals surface area (Å²) in [6.45, 7) is 0.897. The highest BCUT2D eigenvalue weighted by Gasteiger charge is 2.26. The van der Waals surface area contributed by atoms with Crippen molar-refractivity contribution < 1.29 is 9.53 Å². The van der Waals surface area contributed by atoms with Gasteiger partial charge >= 0.3 is 0 Å². The molecule has 4 aromatic carbocycles. The second kappa shape index (κ2) is 13.4. The molecule has 236 valence electrons. The third-order valence-electron chi connectivity index (χ3n) is 8.79. The van der Waals surface area contributed by atoms with E-state index in [0.717, 1.165) is 51.1 Å². The first-order valence-corrected chi connectivity index (χ1v) is 15.8. The molecule has 7 aromatic rings. The Morgan fingerprint density at radius 3 is 2.26 bits per heavy atom. The van der Waals surface area contributed by atoms with Crippen molar-refractivity contribution >= 4 is 27.7 Å². The Morgan fingerprint density at radius 1 is 0.830 bits per heavy atom. The van der Waals surface area contributed by atoms with E-state index in [1.54, 1.807) is 7.11 Å². The molecule has 0 fully saturated rings. The molecule has 9 nitrogen and oxygen atoms in total. The normalized spacial score (nSPS) is 12.0. The summed E-state index contributed by atoms with van der Waals surface area (Å²) >= 11 is 0. The number of carbonyl (C=O) groups is 1. The van der Waals surface area contributed by atoms with Gasteiger partial charge in [0.25, 0.3) is 5.91 Å². The maximum absolute atomic E-state index is 13.8. The molecule has 5 N–H and O–H groups in total. The van der Waals surface area contributed by atoms with E-state index in [1.807, 2.05) is 60.8 Å². The molecule has 1 amide bonds. The van der Waals surface area contributed by atoms with Crippen LogP contribution in [-0.2, 0) is 32.4 Å². The highest BCUT2D eigenvalue weighted by Crippen LogP contribution is 2.27. The molecule has 0 bridgehead atoms. The second-order valence-corrected chi connectivity index (χ2v) is 11.8. The molecular weight excluding hydrogens is 586 g/mol. The number of hydrogen-bond donors (Lipinski definition) is 4. The van der Waals surface area contributed by atoms with E-state index < -0.39 is 6.04 Å². The number of aryl methyl sites for hydroxylation is 2. The van der Waals surface area contributed by atoms with Crippen LogP contribution in [0.5, 0.6) is 5.75 Å². The molecule has 0 unspecified atom stereocenters. The van der Waals surface area contributed by atoms with E-state index in [1.165, 1.54) is 10.9 Å². The minimum atomic E-state index is -0.462. The largest absolute Gasteiger partial charge is 0.497 e. The highest BCUT2D eigenvalue weighted by molar-refractivity contribution is 5.94. The van der Waals surface area contributed by atoms with Crippen molar-refractivity contribution in [3.8, 4) is 5.75 Å². The number of rotatable bonds is 12. The smallest absolute Gasteiger partial charge is 0.251 e. The number of hydrogen-bond acceptors (Lipinski definition) is 5. The molecule has 0 aliphatic heterocycles. The molecule has 0 aliphatic rings. The topological polar surface area (TPSA) is 127 Å². The summed E-state index contributed by atoms with van der Waals surface area (Å²) < 4.78 is 7.57. The lowest BCUT2D eigenvalue weighted by Gasteiger charge is -2.21. The van der Waals surface area contributed by atoms with Gasteiger partial charge in [-0.1, -0.05) is 60.7 Å². The SMILES string of the molecule is COc1ccc(Cn2c(CCc3c[nH]c4ccccc34)nnc2[C@@H](Cc2c[nH]c3ccccc23)NC(=O)c2cccc(CN)c2)cc1. The van der Waals surface area contributed by atoms with Crippen LogP contribution in [0.4, 0.5) is 0 Å². The Kier molecular flexibility index (Phi) is 8.53. The van der Waals surface area contributed by atoms with E-state index in [9.17, 15) is 4.79 Å². The Balaban J connectivity index is 1.27. The molecule has 0 saturated heterocycles. The molecule has 3 aromatic heterocycles. The number of nitrogens with two attached hydrogens (primary N) is 1. The molecule has 1 atom stereocenters. The van der Waals surface area contributed by atoms with Gasteiger partial charge in [0.1, 0.15) is 11.6 Å². The van der Waals surface area contributed by atoms with Crippen LogP contribution >= 0.6 is 0 Å². The number of ether oxygens (including phenoxy) is 1. The number of fused-ring (bicyclic) bond motifs is 2. The number of carbonyl (C=O) groups excluding carboxylic acids is 1. The number of H-pyrrole nitrogens is 2. The van der Waals surface area contributed by atoms with Gasteiger partial charge < -0.3 is 30.3 Å². The average molecular weight is 624 g/mol. The minimum absolute atomic E-state index is 0.190. The predicted molar refractivity (Wildman–Crippen MR) is 184 cm³/mol. The Bertz CT molecular complexity index is 2140. The summed E-state index contributed by atoms with van der Waals surface area (Å²) in [5.41, 5.74) is 12.9. The number of methoxy groups -OCH3 is 1. The Hall–Kier alpha value is -5.67. The molecule has 47 heavy (non-hydrogen) atoms. The van der Waals surface area contributed by atoms with Gasteiger partial charge in [0, 0.05) is 59.1 Å². The van der Waals surface area contributed by atoms with Crippen LogP contribution < -0.4 is 15.8 Å². The van der Waals surface area contributed by atoms with Crippen LogP contribution in [0.2, 0.25) is 0 Å². The van der Waals surface area contributed by atoms with Crippen LogP contribution in [0.3, 0.4) is 0 Å². The fourth-order valence-corrected chi connectivity index (χ4v) is 6.27. The van der Waals surface area contributed by atoms with Crippen LogP contribution in [0.25, 0.3) is 21.8 Å². The van der Waals surface area contributed by atoms with Gasteiger partial charge in [-0.15, -0.1) is 10.2 Å². The predicted octanol–water partition coefficient (Wildman–Crippen LogP) is 6.26. The van der Waals surface area contributed by atoms with Gasteiger partial charge in [-0.25, -0.2) is 0 Å². The molecule has 0 spiro atoms. The maximum Gasteiger partial charge on any atom is 0.251 e. The average Bonchev–Trinajstić information content (AvgIpc) is 3.84. The molecule has 0 aliphatic carbocycles. The number of para-hydroxylation sites is 2. The summed E-state index contributed by atoms with van der Waals surface area (Å²) in [5.74, 6) is 2.15. The summed E-state index contributed by atoms with van der Waals surface area (Å²) in [6.07, 6.45) is 6.08. The monoisotopic (exact) mass is 623 g/mol. The standard InChI is InChI=1S/C38H37N7O2/c1-47-30-16-13-25(14-17-30)24-45-36(18-15-28-22-40-33-11-4-2-9-31(28)33)43-44-37(45)35(20-29-23-41-34-12-5-3-10-32(29)34)42-38(46)27-8-6-7-26(19-27)21-39/h2-14,16-17,19,22-23,35,40-41H,15,18,20-21,24,39H2,1H3,(H,42,46)/t35-/m1/s1. The first kappa shape index (κ1) is 30.0. The van der Waals surface area contributed by atoms with E-state index in [4.69, 9.17) is 20.7 Å². The summed E-state index contributed by atoms with van der Waals surface area (Å²) in [6, 6.07) is 31.5. The first-order chi connectivity index (χ1) is 23.1. The van der Waals surface area contributed by atoms with Crippen LogP contribution in [0.15, 0.2) is 109 Å². The Morgan fingerprint density at radius 2 is 1.53 bits per heavy atom. The lowest BCUT2D eigenvalue weighted by Crippen LogP contribution is -2.32. The first-order valence-electron chi connectivity index (χ1n) is 15.8. The van der Waals surface area contributed by atoms with E-state index in [-0.39, 0.29) is 5.91 Å². The molecule has 9 heteroatoms. The van der Waals surface area contributed by atoms with Gasteiger partial charge in [0.2, 0.25) is 0 Å². The third kappa shape index (κ3) is 6.39. The number of amides is 1. The van der Waals surface area contributed by atoms with Crippen LogP contribution in [-0.4, -0.2) is 37.7 Å². The van der Waals surface area contributed by atoms with E-state index in [2.05, 4.69) is 68.5 Å². The lowest BCUT2D eigenvalue weighted by atomic mass is 10.0. The zero-order valence-electron chi connectivity index (χ0n) is 26.2. The molecule has 7 rings (SSSR count). The van der Waals surface area contributed by atoms with Crippen LogP contribution in [0, 0.1) is 0 Å². The number of benzene rings is 4. The van der Waals surface area contributed by atoms with Crippen molar-refractivity contribution in [1.82, 2.24) is 30.0 Å². The van der Waals surface area contributed by atoms with Crippen molar-refractivity contribution in [2.45, 2.75) is 38.4 Å².